The van der Waals surface area contributed by atoms with Crippen LogP contribution in [0.25, 0.3) is 27.1 Å². The number of rotatable bonds is 12. The Hall–Kier alpha value is -5.57. The lowest BCUT2D eigenvalue weighted by Gasteiger charge is -2.28. The number of anilines is 1. The van der Waals surface area contributed by atoms with E-state index in [0.717, 1.165) is 86.2 Å². The van der Waals surface area contributed by atoms with Gasteiger partial charge in [-0.05, 0) is 145 Å². The van der Waals surface area contributed by atoms with E-state index in [2.05, 4.69) is 91.6 Å². The maximum atomic E-state index is 11.7. The highest BCUT2D eigenvalue weighted by Crippen LogP contribution is 2.38. The van der Waals surface area contributed by atoms with E-state index in [1.807, 2.05) is 50.2 Å². The number of benzene rings is 5. The van der Waals surface area contributed by atoms with E-state index in [1.165, 1.54) is 10.8 Å². The van der Waals surface area contributed by atoms with Crippen molar-refractivity contribution in [1.82, 2.24) is 0 Å². The van der Waals surface area contributed by atoms with Gasteiger partial charge in [0.25, 0.3) is 10.1 Å². The molecule has 2 N–H and O–H groups in total. The van der Waals surface area contributed by atoms with Crippen LogP contribution in [0, 0.1) is 13.8 Å². The van der Waals surface area contributed by atoms with Gasteiger partial charge in [-0.1, -0.05) is 84.9 Å². The molecule has 0 aromatic heterocycles. The summed E-state index contributed by atoms with van der Waals surface area (Å²) in [5.41, 5.74) is 10.4. The molecular weight excluding hydrogens is 693 g/mol. The molecule has 0 radical (unpaired) electrons. The fourth-order valence-electron chi connectivity index (χ4n) is 7.31. The minimum atomic E-state index is -4.11. The lowest BCUT2D eigenvalue weighted by molar-refractivity contribution is 0.0697. The van der Waals surface area contributed by atoms with Gasteiger partial charge < -0.3 is 10.0 Å². The third kappa shape index (κ3) is 8.96. The lowest BCUT2D eigenvalue weighted by atomic mass is 9.82. The van der Waals surface area contributed by atoms with Gasteiger partial charge in [0.1, 0.15) is 0 Å². The van der Waals surface area contributed by atoms with Crippen molar-refractivity contribution in [2.24, 2.45) is 4.99 Å². The van der Waals surface area contributed by atoms with E-state index in [9.17, 15) is 22.9 Å². The maximum Gasteiger partial charge on any atom is 0.335 e. The Morgan fingerprint density at radius 3 is 2.15 bits per heavy atom. The number of carbonyl (C=O) groups is 1. The molecule has 0 aliphatic heterocycles. The van der Waals surface area contributed by atoms with Crippen LogP contribution in [0.3, 0.4) is 0 Å². The largest absolute Gasteiger partial charge is 0.478 e. The Morgan fingerprint density at radius 1 is 0.833 bits per heavy atom. The highest BCUT2D eigenvalue weighted by molar-refractivity contribution is 7.85. The number of nitrogens with zero attached hydrogens (tertiary/aromatic N) is 2. The second kappa shape index (κ2) is 16.6. The van der Waals surface area contributed by atoms with Crippen molar-refractivity contribution < 1.29 is 22.9 Å². The SMILES string of the molecule is C/C(=C\C=C1/CCCC(/C=C/C(C)=N/c2ccc3ccccc3c2C)=C1c1ccc(C(=O)O)cc1)N(CCCS(=O)(=O)O)c1ccc2ccccc2c1C. The minimum absolute atomic E-state index is 0.230. The van der Waals surface area contributed by atoms with Gasteiger partial charge in [0.05, 0.1) is 17.0 Å². The molecule has 1 aliphatic rings. The number of carboxylic acid groups (broad SMARTS) is 1. The summed E-state index contributed by atoms with van der Waals surface area (Å²) in [4.78, 5) is 18.8. The van der Waals surface area contributed by atoms with Crippen LogP contribution >= 0.6 is 0 Å². The molecule has 0 atom stereocenters. The van der Waals surface area contributed by atoms with E-state index < -0.39 is 16.1 Å². The number of fused-ring (bicyclic) bond motifs is 2. The van der Waals surface area contributed by atoms with Crippen LogP contribution in [0.5, 0.6) is 0 Å². The van der Waals surface area contributed by atoms with Gasteiger partial charge in [-0.2, -0.15) is 8.42 Å². The zero-order valence-corrected chi connectivity index (χ0v) is 32.0. The van der Waals surface area contributed by atoms with E-state index in [-0.39, 0.29) is 17.7 Å². The number of aryl methyl sites for hydroxylation is 2. The monoisotopic (exact) mass is 738 g/mol. The van der Waals surface area contributed by atoms with Gasteiger partial charge >= 0.3 is 5.97 Å². The van der Waals surface area contributed by atoms with Crippen LogP contribution in [0.4, 0.5) is 11.4 Å². The number of aromatic carboxylic acids is 1. The Kier molecular flexibility index (Phi) is 11.7. The highest BCUT2D eigenvalue weighted by Gasteiger charge is 2.19. The van der Waals surface area contributed by atoms with Crippen molar-refractivity contribution in [2.45, 2.75) is 53.4 Å². The molecule has 5 aromatic rings. The Bertz CT molecular complexity index is 2490. The topological polar surface area (TPSA) is 107 Å². The predicted molar refractivity (Wildman–Crippen MR) is 224 cm³/mol. The number of aliphatic imine (C=N–C) groups is 1. The van der Waals surface area contributed by atoms with Gasteiger partial charge in [0, 0.05) is 23.6 Å². The van der Waals surface area contributed by atoms with Gasteiger partial charge in [0.15, 0.2) is 0 Å². The molecule has 0 saturated heterocycles. The van der Waals surface area contributed by atoms with Crippen molar-refractivity contribution >= 4 is 60.3 Å². The van der Waals surface area contributed by atoms with Crippen LogP contribution in [0.1, 0.15) is 66.6 Å². The number of hydrogen-bond acceptors (Lipinski definition) is 5. The van der Waals surface area contributed by atoms with Crippen molar-refractivity contribution in [1.29, 1.82) is 0 Å². The molecule has 276 valence electrons. The first-order valence-electron chi connectivity index (χ1n) is 18.3. The molecular formula is C46H46N2O5S. The normalized spacial score (nSPS) is 15.2. The molecule has 0 saturated carbocycles. The van der Waals surface area contributed by atoms with Crippen molar-refractivity contribution in [3.63, 3.8) is 0 Å². The first-order chi connectivity index (χ1) is 25.9. The predicted octanol–water partition coefficient (Wildman–Crippen LogP) is 11.2. The fraction of sp³-hybridized carbons (Fsp3) is 0.217. The molecule has 0 heterocycles. The van der Waals surface area contributed by atoms with E-state index in [4.69, 9.17) is 4.99 Å². The molecule has 0 bridgehead atoms. The van der Waals surface area contributed by atoms with Crippen LogP contribution < -0.4 is 4.90 Å². The zero-order chi connectivity index (χ0) is 38.4. The van der Waals surface area contributed by atoms with Gasteiger partial charge in [-0.3, -0.25) is 9.55 Å². The van der Waals surface area contributed by atoms with Crippen molar-refractivity contribution in [3.8, 4) is 0 Å². The van der Waals surface area contributed by atoms with Crippen LogP contribution in [0.2, 0.25) is 0 Å². The Balaban J connectivity index is 1.40. The first kappa shape index (κ1) is 38.2. The summed E-state index contributed by atoms with van der Waals surface area (Å²) in [7, 11) is -4.11. The summed E-state index contributed by atoms with van der Waals surface area (Å²) in [5.74, 6) is -1.30. The molecule has 6 rings (SSSR count). The summed E-state index contributed by atoms with van der Waals surface area (Å²) in [6.07, 6.45) is 11.3. The number of allylic oxidation sites excluding steroid dienone is 8. The van der Waals surface area contributed by atoms with Crippen LogP contribution in [-0.2, 0) is 10.1 Å². The van der Waals surface area contributed by atoms with Crippen LogP contribution in [0.15, 0.2) is 143 Å². The molecule has 7 nitrogen and oxygen atoms in total. The molecule has 0 spiro atoms. The van der Waals surface area contributed by atoms with E-state index in [1.54, 1.807) is 12.1 Å². The van der Waals surface area contributed by atoms with E-state index in [0.29, 0.717) is 6.54 Å². The maximum absolute atomic E-state index is 11.7. The molecule has 5 aromatic carbocycles. The average Bonchev–Trinajstić information content (AvgIpc) is 3.16. The second-order valence-electron chi connectivity index (χ2n) is 13.9. The quantitative estimate of drug-likeness (QED) is 0.0975. The van der Waals surface area contributed by atoms with Gasteiger partial charge in [-0.15, -0.1) is 0 Å². The molecule has 0 amide bonds. The summed E-state index contributed by atoms with van der Waals surface area (Å²) in [6, 6.07) is 31.9. The fourth-order valence-corrected chi connectivity index (χ4v) is 7.80. The third-order valence-electron chi connectivity index (χ3n) is 10.1. The second-order valence-corrected chi connectivity index (χ2v) is 15.4. The average molecular weight is 739 g/mol. The number of hydrogen-bond donors (Lipinski definition) is 2. The van der Waals surface area contributed by atoms with Gasteiger partial charge in [-0.25, -0.2) is 4.79 Å². The molecule has 54 heavy (non-hydrogen) atoms. The smallest absolute Gasteiger partial charge is 0.335 e. The Labute approximate surface area is 318 Å². The van der Waals surface area contributed by atoms with Crippen molar-refractivity contribution in [2.75, 3.05) is 17.2 Å². The zero-order valence-electron chi connectivity index (χ0n) is 31.2. The number of carboxylic acids is 1. The van der Waals surface area contributed by atoms with Gasteiger partial charge in [0.2, 0.25) is 0 Å². The lowest BCUT2D eigenvalue weighted by Crippen LogP contribution is -2.25. The molecule has 0 unspecified atom stereocenters. The highest BCUT2D eigenvalue weighted by atomic mass is 32.2. The standard InChI is InChI=1S/C46H46N2O5S/c1-31(47-43-27-25-35-11-5-7-15-41(35)33(43)3)17-19-37-13-9-14-38(45(37)39-21-23-40(24-22-39)46(49)50)20-18-32(2)48(29-10-30-54(51,52)53)44-28-26-36-12-6-8-16-42(36)34(44)4/h5-8,11-12,15-28H,9-10,13-14,29-30H2,1-4H3,(H,49,50)(H,51,52,53)/b19-17+,32-18+,38-20+,47-31+. The molecule has 1 aliphatic carbocycles. The summed E-state index contributed by atoms with van der Waals surface area (Å²) >= 11 is 0. The first-order valence-corrected chi connectivity index (χ1v) is 19.9. The van der Waals surface area contributed by atoms with Crippen LogP contribution in [-0.4, -0.2) is 42.1 Å². The minimum Gasteiger partial charge on any atom is -0.478 e. The summed E-state index contributed by atoms with van der Waals surface area (Å²) in [5, 5.41) is 14.2. The third-order valence-corrected chi connectivity index (χ3v) is 10.9. The Morgan fingerprint density at radius 2 is 1.48 bits per heavy atom. The summed E-state index contributed by atoms with van der Waals surface area (Å²) in [6.45, 7) is 8.59. The van der Waals surface area contributed by atoms with E-state index >= 15 is 0 Å². The summed E-state index contributed by atoms with van der Waals surface area (Å²) < 4.78 is 32.8. The molecule has 0 fully saturated rings. The molecule has 8 heteroatoms. The van der Waals surface area contributed by atoms with Crippen molar-refractivity contribution in [3.05, 3.63) is 160 Å².